The maximum absolute atomic E-state index is 12.3. The highest BCUT2D eigenvalue weighted by molar-refractivity contribution is 4.84. The molecule has 0 aromatic rings. The molecule has 0 aliphatic carbocycles. The SMILES string of the molecule is CC.CC1CNCC1(F)F.[HH]. The van der Waals surface area contributed by atoms with Gasteiger partial charge in [0.1, 0.15) is 0 Å². The molecule has 0 amide bonds. The van der Waals surface area contributed by atoms with E-state index in [1.165, 1.54) is 0 Å². The lowest BCUT2D eigenvalue weighted by Crippen LogP contribution is -2.24. The second kappa shape index (κ2) is 3.86. The van der Waals surface area contributed by atoms with Crippen molar-refractivity contribution in [1.29, 1.82) is 0 Å². The van der Waals surface area contributed by atoms with Gasteiger partial charge in [-0.05, 0) is 0 Å². The van der Waals surface area contributed by atoms with Crippen LogP contribution in [0.15, 0.2) is 0 Å². The number of halogens is 2. The van der Waals surface area contributed by atoms with Gasteiger partial charge in [-0.15, -0.1) is 0 Å². The Balaban J connectivity index is 0. The zero-order valence-corrected chi connectivity index (χ0v) is 6.75. The molecule has 0 aromatic heterocycles. The molecule has 1 heterocycles. The molecular formula is C7H17F2N. The van der Waals surface area contributed by atoms with Gasteiger partial charge in [0.25, 0.3) is 5.92 Å². The van der Waals surface area contributed by atoms with Crippen LogP contribution in [0.5, 0.6) is 0 Å². The number of hydrogen-bond acceptors (Lipinski definition) is 1. The summed E-state index contributed by atoms with van der Waals surface area (Å²) in [6.07, 6.45) is 0. The average Bonchev–Trinajstić information content (AvgIpc) is 2.17. The van der Waals surface area contributed by atoms with Crippen LogP contribution in [0, 0.1) is 5.92 Å². The largest absolute Gasteiger partial charge is 0.311 e. The van der Waals surface area contributed by atoms with Crippen molar-refractivity contribution in [3.8, 4) is 0 Å². The Morgan fingerprint density at radius 2 is 2.00 bits per heavy atom. The van der Waals surface area contributed by atoms with Crippen molar-refractivity contribution in [1.82, 2.24) is 5.32 Å². The maximum Gasteiger partial charge on any atom is 0.264 e. The molecule has 0 saturated carbocycles. The van der Waals surface area contributed by atoms with Crippen molar-refractivity contribution in [3.63, 3.8) is 0 Å². The van der Waals surface area contributed by atoms with Crippen LogP contribution in [0.4, 0.5) is 8.78 Å². The van der Waals surface area contributed by atoms with Crippen LogP contribution in [-0.4, -0.2) is 19.0 Å². The minimum Gasteiger partial charge on any atom is -0.311 e. The van der Waals surface area contributed by atoms with Gasteiger partial charge in [-0.2, -0.15) is 0 Å². The highest BCUT2D eigenvalue weighted by atomic mass is 19.3. The lowest BCUT2D eigenvalue weighted by Gasteiger charge is -2.10. The topological polar surface area (TPSA) is 12.0 Å². The van der Waals surface area contributed by atoms with E-state index in [0.717, 1.165) is 0 Å². The standard InChI is InChI=1S/C5H9F2N.C2H6.H2/c1-4-2-8-3-5(4,6)7;1-2;/h4,8H,2-3H2,1H3;1-2H3;1H. The van der Waals surface area contributed by atoms with Gasteiger partial charge < -0.3 is 5.32 Å². The molecule has 1 unspecified atom stereocenters. The first-order chi connectivity index (χ1) is 4.63. The zero-order valence-electron chi connectivity index (χ0n) is 6.75. The summed E-state index contributed by atoms with van der Waals surface area (Å²) in [4.78, 5) is 0. The van der Waals surface area contributed by atoms with Gasteiger partial charge in [0.2, 0.25) is 0 Å². The molecule has 64 valence electrons. The first-order valence-corrected chi connectivity index (χ1v) is 3.71. The molecule has 1 fully saturated rings. The van der Waals surface area contributed by atoms with Crippen molar-refractivity contribution in [2.45, 2.75) is 26.7 Å². The molecule has 1 saturated heterocycles. The molecule has 1 aliphatic heterocycles. The highest BCUT2D eigenvalue weighted by Gasteiger charge is 2.40. The fraction of sp³-hybridized carbons (Fsp3) is 1.00. The van der Waals surface area contributed by atoms with Gasteiger partial charge in [-0.3, -0.25) is 0 Å². The molecule has 1 nitrogen and oxygen atoms in total. The maximum atomic E-state index is 12.3. The molecule has 0 bridgehead atoms. The predicted octanol–water partition coefficient (Wildman–Crippen LogP) is 2.13. The third-order valence-corrected chi connectivity index (χ3v) is 1.53. The van der Waals surface area contributed by atoms with E-state index < -0.39 is 11.8 Å². The third kappa shape index (κ3) is 2.21. The summed E-state index contributed by atoms with van der Waals surface area (Å²) in [6.45, 7) is 5.86. The van der Waals surface area contributed by atoms with Crippen molar-refractivity contribution >= 4 is 0 Å². The number of rotatable bonds is 0. The highest BCUT2D eigenvalue weighted by Crippen LogP contribution is 2.26. The van der Waals surface area contributed by atoms with Crippen LogP contribution in [0.25, 0.3) is 0 Å². The van der Waals surface area contributed by atoms with Gasteiger partial charge in [-0.25, -0.2) is 8.78 Å². The van der Waals surface area contributed by atoms with Crippen molar-refractivity contribution in [2.24, 2.45) is 5.92 Å². The Labute approximate surface area is 62.3 Å². The zero-order chi connectivity index (χ0) is 8.20. The molecule has 0 aromatic carbocycles. The normalized spacial score (nSPS) is 29.1. The van der Waals surface area contributed by atoms with E-state index >= 15 is 0 Å². The summed E-state index contributed by atoms with van der Waals surface area (Å²) in [5, 5.41) is 2.61. The first kappa shape index (κ1) is 9.82. The van der Waals surface area contributed by atoms with E-state index in [0.29, 0.717) is 6.54 Å². The van der Waals surface area contributed by atoms with Gasteiger partial charge in [0.15, 0.2) is 0 Å². The minimum absolute atomic E-state index is 0. The van der Waals surface area contributed by atoms with E-state index in [9.17, 15) is 8.78 Å². The molecule has 1 atom stereocenters. The predicted molar refractivity (Wildman–Crippen MR) is 40.4 cm³/mol. The van der Waals surface area contributed by atoms with E-state index in [-0.39, 0.29) is 7.97 Å². The van der Waals surface area contributed by atoms with Crippen LogP contribution in [0.1, 0.15) is 22.2 Å². The molecule has 10 heavy (non-hydrogen) atoms. The van der Waals surface area contributed by atoms with Crippen LogP contribution < -0.4 is 5.32 Å². The Morgan fingerprint density at radius 1 is 1.50 bits per heavy atom. The Hall–Kier alpha value is -0.180. The molecule has 1 rings (SSSR count). The summed E-state index contributed by atoms with van der Waals surface area (Å²) in [7, 11) is 0. The lowest BCUT2D eigenvalue weighted by molar-refractivity contribution is -0.0148. The number of hydrogen-bond donors (Lipinski definition) is 1. The molecule has 0 spiro atoms. The lowest BCUT2D eigenvalue weighted by atomic mass is 10.1. The van der Waals surface area contributed by atoms with Crippen LogP contribution in [0.3, 0.4) is 0 Å². The summed E-state index contributed by atoms with van der Waals surface area (Å²) in [5.74, 6) is -2.94. The number of nitrogens with one attached hydrogen (secondary N) is 1. The second-order valence-electron chi connectivity index (χ2n) is 2.29. The van der Waals surface area contributed by atoms with Gasteiger partial charge in [0.05, 0.1) is 6.54 Å². The molecule has 1 N–H and O–H groups in total. The first-order valence-electron chi connectivity index (χ1n) is 3.71. The van der Waals surface area contributed by atoms with Gasteiger partial charge in [0, 0.05) is 13.9 Å². The van der Waals surface area contributed by atoms with Crippen LogP contribution >= 0.6 is 0 Å². The summed E-state index contributed by atoms with van der Waals surface area (Å²) >= 11 is 0. The van der Waals surface area contributed by atoms with E-state index in [4.69, 9.17) is 0 Å². The fourth-order valence-electron chi connectivity index (χ4n) is 0.779. The smallest absolute Gasteiger partial charge is 0.264 e. The Bertz CT molecular complexity index is 98.4. The monoisotopic (exact) mass is 153 g/mol. The molecule has 3 heteroatoms. The summed E-state index contributed by atoms with van der Waals surface area (Å²) in [5.41, 5.74) is 0. The summed E-state index contributed by atoms with van der Waals surface area (Å²) in [6, 6.07) is 0. The molecule has 1 aliphatic rings. The quantitative estimate of drug-likeness (QED) is 0.562. The van der Waals surface area contributed by atoms with Crippen molar-refractivity contribution in [2.75, 3.05) is 13.1 Å². The molecule has 0 radical (unpaired) electrons. The van der Waals surface area contributed by atoms with Crippen molar-refractivity contribution in [3.05, 3.63) is 0 Å². The van der Waals surface area contributed by atoms with E-state index in [2.05, 4.69) is 5.32 Å². The Kier molecular flexibility index (Phi) is 3.79. The van der Waals surface area contributed by atoms with Crippen LogP contribution in [-0.2, 0) is 0 Å². The second-order valence-corrected chi connectivity index (χ2v) is 2.29. The van der Waals surface area contributed by atoms with E-state index in [1.807, 2.05) is 13.8 Å². The number of alkyl halides is 2. The van der Waals surface area contributed by atoms with Crippen LogP contribution in [0.2, 0.25) is 0 Å². The Morgan fingerprint density at radius 3 is 2.10 bits per heavy atom. The van der Waals surface area contributed by atoms with E-state index in [1.54, 1.807) is 6.92 Å². The minimum atomic E-state index is -2.46. The average molecular weight is 153 g/mol. The van der Waals surface area contributed by atoms with Gasteiger partial charge in [-0.1, -0.05) is 20.8 Å². The fourth-order valence-corrected chi connectivity index (χ4v) is 0.779. The van der Waals surface area contributed by atoms with Gasteiger partial charge >= 0.3 is 0 Å². The molecular weight excluding hydrogens is 136 g/mol. The third-order valence-electron chi connectivity index (χ3n) is 1.53. The van der Waals surface area contributed by atoms with Crippen molar-refractivity contribution < 1.29 is 10.2 Å². The summed E-state index contributed by atoms with van der Waals surface area (Å²) < 4.78 is 24.6.